The van der Waals surface area contributed by atoms with Crippen LogP contribution in [-0.2, 0) is 11.4 Å². The van der Waals surface area contributed by atoms with E-state index in [0.29, 0.717) is 6.61 Å². The average Bonchev–Trinajstić information content (AvgIpc) is 2.72. The molecule has 0 aliphatic carbocycles. The van der Waals surface area contributed by atoms with Gasteiger partial charge >= 0.3 is 0 Å². The van der Waals surface area contributed by atoms with Crippen molar-refractivity contribution in [2.75, 3.05) is 0 Å². The van der Waals surface area contributed by atoms with Gasteiger partial charge in [-0.25, -0.2) is 0 Å². The molecule has 0 atom stereocenters. The highest BCUT2D eigenvalue weighted by molar-refractivity contribution is 9.10. The lowest BCUT2D eigenvalue weighted by molar-refractivity contribution is 0.131. The van der Waals surface area contributed by atoms with E-state index in [1.54, 1.807) is 0 Å². The van der Waals surface area contributed by atoms with E-state index in [9.17, 15) is 0 Å². The molecule has 0 saturated heterocycles. The summed E-state index contributed by atoms with van der Waals surface area (Å²) >= 11 is 3.44. The maximum Gasteiger partial charge on any atom is 0.142 e. The maximum atomic E-state index is 5.57. The third-order valence-electron chi connectivity index (χ3n) is 3.81. The Bertz CT molecular complexity index is 862. The average molecular weight is 418 g/mol. The zero-order valence-electron chi connectivity index (χ0n) is 14.8. The monoisotopic (exact) mass is 417 g/mol. The van der Waals surface area contributed by atoms with Crippen molar-refractivity contribution in [3.63, 3.8) is 0 Å². The maximum absolute atomic E-state index is 5.57. The van der Waals surface area contributed by atoms with E-state index < -0.39 is 0 Å². The third kappa shape index (κ3) is 6.72. The van der Waals surface area contributed by atoms with Gasteiger partial charge < -0.3 is 4.84 Å². The van der Waals surface area contributed by atoms with Crippen LogP contribution in [0, 0.1) is 0 Å². The Hall–Kier alpha value is -2.91. The molecule has 3 heteroatoms. The Labute approximate surface area is 168 Å². The summed E-state index contributed by atoms with van der Waals surface area (Å²) in [6.45, 7) is 0.426. The fourth-order valence-corrected chi connectivity index (χ4v) is 2.63. The van der Waals surface area contributed by atoms with Gasteiger partial charge in [0.15, 0.2) is 0 Å². The molecule has 0 bridgehead atoms. The van der Waals surface area contributed by atoms with Crippen molar-refractivity contribution in [2.45, 2.75) is 6.61 Å². The number of hydrogen-bond donors (Lipinski definition) is 0. The predicted molar refractivity (Wildman–Crippen MR) is 117 cm³/mol. The van der Waals surface area contributed by atoms with Gasteiger partial charge in [-0.3, -0.25) is 0 Å². The van der Waals surface area contributed by atoms with Crippen LogP contribution in [-0.4, -0.2) is 5.71 Å². The van der Waals surface area contributed by atoms with Gasteiger partial charge in [-0.2, -0.15) is 0 Å². The fraction of sp³-hybridized carbons (Fsp3) is 0.0417. The van der Waals surface area contributed by atoms with Crippen LogP contribution in [0.1, 0.15) is 16.7 Å². The Morgan fingerprint density at radius 3 is 1.78 bits per heavy atom. The van der Waals surface area contributed by atoms with E-state index in [-0.39, 0.29) is 0 Å². The molecule has 0 fully saturated rings. The van der Waals surface area contributed by atoms with E-state index in [0.717, 1.165) is 26.9 Å². The molecule has 27 heavy (non-hydrogen) atoms. The number of rotatable bonds is 7. The largest absolute Gasteiger partial charge is 0.390 e. The fourth-order valence-electron chi connectivity index (χ4n) is 2.37. The van der Waals surface area contributed by atoms with Crippen LogP contribution in [0.2, 0.25) is 0 Å². The van der Waals surface area contributed by atoms with Crippen molar-refractivity contribution in [3.05, 3.63) is 118 Å². The Balaban J connectivity index is 1.72. The van der Waals surface area contributed by atoms with Crippen LogP contribution in [0.3, 0.4) is 0 Å². The van der Waals surface area contributed by atoms with Gasteiger partial charge in [-0.15, -0.1) is 0 Å². The molecule has 3 rings (SSSR count). The topological polar surface area (TPSA) is 21.6 Å². The minimum Gasteiger partial charge on any atom is -0.390 e. The summed E-state index contributed by atoms with van der Waals surface area (Å²) in [4.78, 5) is 5.57. The van der Waals surface area contributed by atoms with Crippen LogP contribution in [0.25, 0.3) is 12.2 Å². The smallest absolute Gasteiger partial charge is 0.142 e. The molecule has 0 unspecified atom stereocenters. The quantitative estimate of drug-likeness (QED) is 0.307. The number of nitrogens with zero attached hydrogens (tertiary/aromatic N) is 1. The Kier molecular flexibility index (Phi) is 7.19. The number of hydrogen-bond acceptors (Lipinski definition) is 2. The van der Waals surface area contributed by atoms with Gasteiger partial charge in [0.1, 0.15) is 12.3 Å². The minimum absolute atomic E-state index is 0.426. The normalized spacial score (nSPS) is 11.0. The zero-order valence-corrected chi connectivity index (χ0v) is 16.4. The van der Waals surface area contributed by atoms with Crippen LogP contribution < -0.4 is 0 Å². The highest BCUT2D eigenvalue weighted by Gasteiger charge is 1.95. The van der Waals surface area contributed by atoms with E-state index in [2.05, 4.69) is 45.4 Å². The third-order valence-corrected chi connectivity index (χ3v) is 4.34. The van der Waals surface area contributed by atoms with Crippen molar-refractivity contribution in [3.8, 4) is 0 Å². The summed E-state index contributed by atoms with van der Waals surface area (Å²) in [5.41, 5.74) is 4.05. The molecule has 0 spiro atoms. The zero-order chi connectivity index (χ0) is 18.7. The molecular formula is C24H20BrNO. The van der Waals surface area contributed by atoms with Gasteiger partial charge in [0.05, 0.1) is 0 Å². The van der Waals surface area contributed by atoms with Crippen LogP contribution in [0.15, 0.2) is 107 Å². The highest BCUT2D eigenvalue weighted by atomic mass is 79.9. The van der Waals surface area contributed by atoms with E-state index in [1.807, 2.05) is 85.0 Å². The minimum atomic E-state index is 0.426. The van der Waals surface area contributed by atoms with E-state index in [4.69, 9.17) is 4.84 Å². The van der Waals surface area contributed by atoms with Gasteiger partial charge in [0.25, 0.3) is 0 Å². The lowest BCUT2D eigenvalue weighted by atomic mass is 10.1. The van der Waals surface area contributed by atoms with Crippen molar-refractivity contribution < 1.29 is 4.84 Å². The Morgan fingerprint density at radius 2 is 1.26 bits per heavy atom. The van der Waals surface area contributed by atoms with Gasteiger partial charge in [-0.1, -0.05) is 106 Å². The summed E-state index contributed by atoms with van der Waals surface area (Å²) in [7, 11) is 0. The highest BCUT2D eigenvalue weighted by Crippen LogP contribution is 2.11. The van der Waals surface area contributed by atoms with E-state index in [1.165, 1.54) is 0 Å². The first-order chi connectivity index (χ1) is 13.3. The van der Waals surface area contributed by atoms with Gasteiger partial charge in [0, 0.05) is 4.47 Å². The summed E-state index contributed by atoms with van der Waals surface area (Å²) < 4.78 is 1.05. The van der Waals surface area contributed by atoms with Crippen molar-refractivity contribution in [1.29, 1.82) is 0 Å². The molecule has 134 valence electrons. The SMILES string of the molecule is Brc1ccc(CON=C(/C=C/c2ccccc2)/C=C/c2ccccc2)cc1. The first-order valence-corrected chi connectivity index (χ1v) is 9.49. The lowest BCUT2D eigenvalue weighted by Crippen LogP contribution is -1.93. The van der Waals surface area contributed by atoms with Crippen molar-refractivity contribution >= 4 is 33.8 Å². The first-order valence-electron chi connectivity index (χ1n) is 8.70. The second kappa shape index (κ2) is 10.3. The molecular weight excluding hydrogens is 398 g/mol. The lowest BCUT2D eigenvalue weighted by Gasteiger charge is -2.01. The van der Waals surface area contributed by atoms with Crippen LogP contribution >= 0.6 is 15.9 Å². The molecule has 0 radical (unpaired) electrons. The number of allylic oxidation sites excluding steroid dienone is 2. The molecule has 0 aliphatic rings. The molecule has 3 aromatic carbocycles. The van der Waals surface area contributed by atoms with Crippen LogP contribution in [0.4, 0.5) is 0 Å². The second-order valence-corrected chi connectivity index (χ2v) is 6.82. The molecule has 2 nitrogen and oxygen atoms in total. The Morgan fingerprint density at radius 1 is 0.741 bits per heavy atom. The molecule has 0 aromatic heterocycles. The molecule has 0 aliphatic heterocycles. The first kappa shape index (κ1) is 18.9. The summed E-state index contributed by atoms with van der Waals surface area (Å²) in [6.07, 6.45) is 7.96. The van der Waals surface area contributed by atoms with Gasteiger partial charge in [0.2, 0.25) is 0 Å². The number of benzene rings is 3. The van der Waals surface area contributed by atoms with E-state index >= 15 is 0 Å². The molecule has 0 amide bonds. The summed E-state index contributed by atoms with van der Waals surface area (Å²) in [5.74, 6) is 0. The molecule has 0 N–H and O–H groups in total. The van der Waals surface area contributed by atoms with Crippen LogP contribution in [0.5, 0.6) is 0 Å². The summed E-state index contributed by atoms with van der Waals surface area (Å²) in [5, 5.41) is 4.30. The predicted octanol–water partition coefficient (Wildman–Crippen LogP) is 6.75. The number of oxime groups is 1. The standard InChI is InChI=1S/C24H20BrNO/c25-23-15-11-22(12-16-23)19-27-26-24(17-13-20-7-3-1-4-8-20)18-14-21-9-5-2-6-10-21/h1-18H,19H2/b17-13+,18-14+. The second-order valence-electron chi connectivity index (χ2n) is 5.90. The van der Waals surface area contributed by atoms with Crippen molar-refractivity contribution in [2.24, 2.45) is 5.16 Å². The molecule has 0 saturated carbocycles. The molecule has 3 aromatic rings. The van der Waals surface area contributed by atoms with Crippen molar-refractivity contribution in [1.82, 2.24) is 0 Å². The number of halogens is 1. The summed E-state index contributed by atoms with van der Waals surface area (Å²) in [6, 6.07) is 28.3. The molecule has 0 heterocycles. The van der Waals surface area contributed by atoms with Gasteiger partial charge in [-0.05, 0) is 41.0 Å².